The Balaban J connectivity index is 0.00000211. The van der Waals surface area contributed by atoms with Crippen LogP contribution in [0.2, 0.25) is 0 Å². The van der Waals surface area contributed by atoms with E-state index < -0.39 is 6.10 Å². The van der Waals surface area contributed by atoms with Crippen molar-refractivity contribution >= 4 is 0 Å². The van der Waals surface area contributed by atoms with Gasteiger partial charge in [-0.2, -0.15) is 0 Å². The van der Waals surface area contributed by atoms with Gasteiger partial charge < -0.3 is 14.7 Å². The summed E-state index contributed by atoms with van der Waals surface area (Å²) in [6.45, 7) is 13.6. The van der Waals surface area contributed by atoms with E-state index in [0.717, 1.165) is 31.7 Å². The van der Waals surface area contributed by atoms with Gasteiger partial charge in [-0.1, -0.05) is 52.8 Å². The van der Waals surface area contributed by atoms with Gasteiger partial charge in [0.1, 0.15) is 18.5 Å². The van der Waals surface area contributed by atoms with Gasteiger partial charge in [-0.15, -0.1) is 0 Å². The lowest BCUT2D eigenvalue weighted by Crippen LogP contribution is -2.35. The molecule has 0 amide bonds. The Labute approximate surface area is 137 Å². The zero-order valence-electron chi connectivity index (χ0n) is 15.1. The molecule has 0 aromatic carbocycles. The predicted molar refractivity (Wildman–Crippen MR) is 95.9 cm³/mol. The highest BCUT2D eigenvalue weighted by Crippen LogP contribution is 2.11. The fourth-order valence-corrected chi connectivity index (χ4v) is 2.26. The maximum absolute atomic E-state index is 10.1. The average molecular weight is 309 g/mol. The molecule has 0 aromatic heterocycles. The molecule has 0 spiro atoms. The maximum atomic E-state index is 10.1. The minimum Gasteiger partial charge on any atom is -0.491 e. The Bertz CT molecular complexity index is 341. The zero-order valence-corrected chi connectivity index (χ0v) is 15.1. The van der Waals surface area contributed by atoms with Gasteiger partial charge >= 0.3 is 0 Å². The van der Waals surface area contributed by atoms with Crippen molar-refractivity contribution in [1.82, 2.24) is 4.90 Å². The lowest BCUT2D eigenvalue weighted by Gasteiger charge is -2.24. The lowest BCUT2D eigenvalue weighted by atomic mass is 10.2. The van der Waals surface area contributed by atoms with Crippen LogP contribution in [0.4, 0.5) is 0 Å². The Kier molecular flexibility index (Phi) is 12.9. The first-order valence-electron chi connectivity index (χ1n) is 8.75. The Hall–Kier alpha value is -1.06. The number of aliphatic hydroxyl groups is 1. The van der Waals surface area contributed by atoms with E-state index in [2.05, 4.69) is 37.8 Å². The molecule has 1 N–H and O–H groups in total. The number of hydrogen-bond acceptors (Lipinski definition) is 3. The fraction of sp³-hybridized carbons (Fsp3) is 0.684. The molecule has 0 bridgehead atoms. The molecular formula is C19H35NO2. The van der Waals surface area contributed by atoms with Gasteiger partial charge in [0.05, 0.1) is 0 Å². The van der Waals surface area contributed by atoms with Crippen molar-refractivity contribution in [1.29, 1.82) is 0 Å². The quantitative estimate of drug-likeness (QED) is 0.694. The second-order valence-corrected chi connectivity index (χ2v) is 5.44. The molecule has 0 aliphatic heterocycles. The highest BCUT2D eigenvalue weighted by molar-refractivity contribution is 5.24. The van der Waals surface area contributed by atoms with Crippen molar-refractivity contribution in [2.75, 3.05) is 26.2 Å². The minimum absolute atomic E-state index is 0.350. The van der Waals surface area contributed by atoms with E-state index in [1.165, 1.54) is 0 Å². The molecule has 2 unspecified atom stereocenters. The van der Waals surface area contributed by atoms with Gasteiger partial charge in [0.25, 0.3) is 0 Å². The molecule has 22 heavy (non-hydrogen) atoms. The van der Waals surface area contributed by atoms with Gasteiger partial charge in [-0.25, -0.2) is 0 Å². The van der Waals surface area contributed by atoms with Gasteiger partial charge in [-0.3, -0.25) is 0 Å². The van der Waals surface area contributed by atoms with Crippen LogP contribution in [0.5, 0.6) is 0 Å². The summed E-state index contributed by atoms with van der Waals surface area (Å²) < 4.78 is 5.68. The molecule has 0 saturated heterocycles. The predicted octanol–water partition coefficient (Wildman–Crippen LogP) is 4.16. The van der Waals surface area contributed by atoms with Gasteiger partial charge in [0, 0.05) is 6.54 Å². The van der Waals surface area contributed by atoms with Crippen molar-refractivity contribution in [2.24, 2.45) is 5.92 Å². The van der Waals surface area contributed by atoms with Crippen molar-refractivity contribution < 1.29 is 9.84 Å². The molecule has 0 heterocycles. The lowest BCUT2D eigenvalue weighted by molar-refractivity contribution is 0.0458. The summed E-state index contributed by atoms with van der Waals surface area (Å²) in [6.07, 6.45) is 11.9. The normalized spacial score (nSPS) is 18.3. The van der Waals surface area contributed by atoms with Crippen LogP contribution in [0.3, 0.4) is 0 Å². The van der Waals surface area contributed by atoms with E-state index in [4.69, 9.17) is 4.74 Å². The molecule has 1 aliphatic carbocycles. The molecule has 2 atom stereocenters. The van der Waals surface area contributed by atoms with Crippen molar-refractivity contribution in [3.63, 3.8) is 0 Å². The molecule has 128 valence electrons. The first kappa shape index (κ1) is 20.9. The first-order valence-corrected chi connectivity index (χ1v) is 8.75. The van der Waals surface area contributed by atoms with Crippen LogP contribution in [0.25, 0.3) is 0 Å². The Morgan fingerprint density at radius 1 is 1.18 bits per heavy atom. The summed E-state index contributed by atoms with van der Waals surface area (Å²) in [7, 11) is 0. The molecule has 0 fully saturated rings. The highest BCUT2D eigenvalue weighted by atomic mass is 16.5. The van der Waals surface area contributed by atoms with Crippen molar-refractivity contribution in [3.8, 4) is 0 Å². The van der Waals surface area contributed by atoms with Crippen LogP contribution in [-0.2, 0) is 4.74 Å². The number of hydrogen-bond donors (Lipinski definition) is 1. The molecular weight excluding hydrogens is 274 g/mol. The first-order chi connectivity index (χ1) is 10.7. The molecule has 3 heteroatoms. The van der Waals surface area contributed by atoms with Crippen LogP contribution in [0.15, 0.2) is 36.1 Å². The third-order valence-corrected chi connectivity index (χ3v) is 3.23. The van der Waals surface area contributed by atoms with E-state index in [-0.39, 0.29) is 0 Å². The smallest absolute Gasteiger partial charge is 0.119 e. The van der Waals surface area contributed by atoms with Crippen LogP contribution in [-0.4, -0.2) is 42.4 Å². The summed E-state index contributed by atoms with van der Waals surface area (Å²) in [5, 5.41) is 10.1. The Morgan fingerprint density at radius 2 is 1.82 bits per heavy atom. The standard InChI is InChI=1S/C17H29NO2.C2H6/c1-4-11-18(12-5-2)13-16(19)14-20-17-8-6-7-15(3)9-10-17;1-2/h6-10,15-16,19H,4-5,11-14H2,1-3H3;1-2H3. The number of allylic oxidation sites excluding steroid dienone is 5. The second kappa shape index (κ2) is 13.6. The number of aliphatic hydroxyl groups excluding tert-OH is 1. The van der Waals surface area contributed by atoms with E-state index in [1.807, 2.05) is 32.1 Å². The molecule has 0 saturated carbocycles. The largest absolute Gasteiger partial charge is 0.491 e. The second-order valence-electron chi connectivity index (χ2n) is 5.44. The van der Waals surface area contributed by atoms with Crippen LogP contribution in [0, 0.1) is 5.92 Å². The average Bonchev–Trinajstić information content (AvgIpc) is 2.72. The fourth-order valence-electron chi connectivity index (χ4n) is 2.26. The van der Waals surface area contributed by atoms with E-state index in [9.17, 15) is 5.11 Å². The van der Waals surface area contributed by atoms with Crippen LogP contribution in [0.1, 0.15) is 47.5 Å². The third kappa shape index (κ3) is 9.80. The zero-order chi connectivity index (χ0) is 16.8. The van der Waals surface area contributed by atoms with Crippen molar-refractivity contribution in [3.05, 3.63) is 36.1 Å². The van der Waals surface area contributed by atoms with E-state index in [1.54, 1.807) is 0 Å². The SMILES string of the molecule is CC.CCCN(CCC)CC(O)COC1=CC=CC(C)C=C1. The van der Waals surface area contributed by atoms with Gasteiger partial charge in [0.15, 0.2) is 0 Å². The van der Waals surface area contributed by atoms with Crippen LogP contribution >= 0.6 is 0 Å². The van der Waals surface area contributed by atoms with E-state index in [0.29, 0.717) is 19.1 Å². The summed E-state index contributed by atoms with van der Waals surface area (Å²) in [6, 6.07) is 0. The summed E-state index contributed by atoms with van der Waals surface area (Å²) in [5.74, 6) is 1.25. The topological polar surface area (TPSA) is 32.7 Å². The highest BCUT2D eigenvalue weighted by Gasteiger charge is 2.11. The molecule has 1 aliphatic rings. The van der Waals surface area contributed by atoms with Gasteiger partial charge in [-0.05, 0) is 44.0 Å². The molecule has 0 aromatic rings. The number of ether oxygens (including phenoxy) is 1. The maximum Gasteiger partial charge on any atom is 0.119 e. The van der Waals surface area contributed by atoms with E-state index >= 15 is 0 Å². The monoisotopic (exact) mass is 309 g/mol. The number of nitrogens with zero attached hydrogens (tertiary/aromatic N) is 1. The third-order valence-electron chi connectivity index (χ3n) is 3.23. The molecule has 0 radical (unpaired) electrons. The summed E-state index contributed by atoms with van der Waals surface area (Å²) >= 11 is 0. The number of rotatable bonds is 9. The summed E-state index contributed by atoms with van der Waals surface area (Å²) in [5.41, 5.74) is 0. The van der Waals surface area contributed by atoms with Crippen molar-refractivity contribution in [2.45, 2.75) is 53.6 Å². The summed E-state index contributed by atoms with van der Waals surface area (Å²) in [4.78, 5) is 2.30. The minimum atomic E-state index is -0.438. The van der Waals surface area contributed by atoms with Gasteiger partial charge in [0.2, 0.25) is 0 Å². The molecule has 1 rings (SSSR count). The van der Waals surface area contributed by atoms with Crippen LogP contribution < -0.4 is 0 Å². The molecule has 3 nitrogen and oxygen atoms in total. The Morgan fingerprint density at radius 3 is 2.41 bits per heavy atom.